The highest BCUT2D eigenvalue weighted by molar-refractivity contribution is 6.30. The number of aromatic nitrogens is 3. The summed E-state index contributed by atoms with van der Waals surface area (Å²) in [5, 5.41) is 7.44. The summed E-state index contributed by atoms with van der Waals surface area (Å²) in [6, 6.07) is 13.6. The maximum absolute atomic E-state index is 5.95. The van der Waals surface area contributed by atoms with E-state index in [4.69, 9.17) is 11.6 Å². The number of hydrogen-bond acceptors (Lipinski definition) is 5. The molecule has 0 amide bonds. The molecule has 0 aliphatic heterocycles. The predicted octanol–water partition coefficient (Wildman–Crippen LogP) is 5.01. The maximum atomic E-state index is 5.95. The minimum absolute atomic E-state index is 0.135. The van der Waals surface area contributed by atoms with Gasteiger partial charge in [-0.05, 0) is 50.6 Å². The molecule has 0 spiro atoms. The Balaban J connectivity index is 1.87. The summed E-state index contributed by atoms with van der Waals surface area (Å²) in [5.74, 6) is 1.35. The third-order valence-corrected chi connectivity index (χ3v) is 3.83. The van der Waals surface area contributed by atoms with Crippen molar-refractivity contribution in [2.45, 2.75) is 32.9 Å². The lowest BCUT2D eigenvalue weighted by Crippen LogP contribution is -2.27. The van der Waals surface area contributed by atoms with Crippen molar-refractivity contribution in [3.8, 4) is 11.3 Å². The topological polar surface area (TPSA) is 62.7 Å². The standard InChI is InChI=1S/C20H22ClN5/c1-20(2,3)26-19-24-17(15-8-10-22-11-9-15)12-18(25-19)23-13-14-4-6-16(21)7-5-14/h4-12H,13H2,1-3H3,(H2,23,24,25,26). The van der Waals surface area contributed by atoms with E-state index in [-0.39, 0.29) is 5.54 Å². The third-order valence-electron chi connectivity index (χ3n) is 3.58. The number of pyridine rings is 1. The molecule has 3 aromatic rings. The lowest BCUT2D eigenvalue weighted by atomic mass is 10.1. The Labute approximate surface area is 158 Å². The highest BCUT2D eigenvalue weighted by Gasteiger charge is 2.14. The average molecular weight is 368 g/mol. The van der Waals surface area contributed by atoms with Gasteiger partial charge in [-0.1, -0.05) is 23.7 Å². The number of benzene rings is 1. The van der Waals surface area contributed by atoms with Crippen LogP contribution in [0.15, 0.2) is 54.9 Å². The normalized spacial score (nSPS) is 11.2. The van der Waals surface area contributed by atoms with Crippen LogP contribution < -0.4 is 10.6 Å². The van der Waals surface area contributed by atoms with Crippen LogP contribution in [0.3, 0.4) is 0 Å². The second-order valence-electron chi connectivity index (χ2n) is 7.05. The molecule has 0 radical (unpaired) electrons. The minimum Gasteiger partial charge on any atom is -0.366 e. The molecule has 0 unspecified atom stereocenters. The molecule has 0 saturated heterocycles. The van der Waals surface area contributed by atoms with Crippen LogP contribution in [-0.2, 0) is 6.54 Å². The fourth-order valence-corrected chi connectivity index (χ4v) is 2.52. The van der Waals surface area contributed by atoms with Crippen molar-refractivity contribution in [1.29, 1.82) is 0 Å². The lowest BCUT2D eigenvalue weighted by molar-refractivity contribution is 0.626. The van der Waals surface area contributed by atoms with Crippen LogP contribution in [0.25, 0.3) is 11.3 Å². The molecule has 1 aromatic carbocycles. The maximum Gasteiger partial charge on any atom is 0.225 e. The zero-order valence-corrected chi connectivity index (χ0v) is 15.9. The molecular weight excluding hydrogens is 346 g/mol. The number of hydrogen-bond donors (Lipinski definition) is 2. The van der Waals surface area contributed by atoms with Crippen LogP contribution in [0.4, 0.5) is 11.8 Å². The second kappa shape index (κ2) is 7.70. The Bertz CT molecular complexity index is 858. The van der Waals surface area contributed by atoms with E-state index < -0.39 is 0 Å². The van der Waals surface area contributed by atoms with Gasteiger partial charge < -0.3 is 10.6 Å². The van der Waals surface area contributed by atoms with Crippen LogP contribution in [0, 0.1) is 0 Å². The van der Waals surface area contributed by atoms with Gasteiger partial charge in [0, 0.05) is 41.1 Å². The van der Waals surface area contributed by atoms with Crippen LogP contribution in [-0.4, -0.2) is 20.5 Å². The molecule has 0 atom stereocenters. The summed E-state index contributed by atoms with van der Waals surface area (Å²) in [5.41, 5.74) is 2.83. The van der Waals surface area contributed by atoms with Crippen LogP contribution >= 0.6 is 11.6 Å². The Morgan fingerprint density at radius 2 is 1.65 bits per heavy atom. The number of halogens is 1. The molecule has 0 aliphatic carbocycles. The first-order chi connectivity index (χ1) is 12.4. The summed E-state index contributed by atoms with van der Waals surface area (Å²) in [7, 11) is 0. The fourth-order valence-electron chi connectivity index (χ4n) is 2.39. The van der Waals surface area contributed by atoms with E-state index in [2.05, 4.69) is 46.4 Å². The molecule has 6 heteroatoms. The first kappa shape index (κ1) is 18.1. The van der Waals surface area contributed by atoms with Gasteiger partial charge in [0.25, 0.3) is 0 Å². The molecule has 3 rings (SSSR count). The molecule has 0 aliphatic rings. The molecule has 5 nitrogen and oxygen atoms in total. The quantitative estimate of drug-likeness (QED) is 0.663. The first-order valence-electron chi connectivity index (χ1n) is 8.45. The van der Waals surface area contributed by atoms with Gasteiger partial charge in [-0.2, -0.15) is 4.98 Å². The number of nitrogens with one attached hydrogen (secondary N) is 2. The van der Waals surface area contributed by atoms with Gasteiger partial charge in [0.15, 0.2) is 0 Å². The molecule has 0 bridgehead atoms. The van der Waals surface area contributed by atoms with Gasteiger partial charge in [0.05, 0.1) is 5.69 Å². The third kappa shape index (κ3) is 5.17. The van der Waals surface area contributed by atoms with Gasteiger partial charge in [0.1, 0.15) is 5.82 Å². The van der Waals surface area contributed by atoms with Crippen molar-refractivity contribution in [2.75, 3.05) is 10.6 Å². The molecule has 26 heavy (non-hydrogen) atoms. The number of anilines is 2. The van der Waals surface area contributed by atoms with E-state index in [1.807, 2.05) is 42.5 Å². The van der Waals surface area contributed by atoms with Gasteiger partial charge in [-0.25, -0.2) is 4.98 Å². The Hall–Kier alpha value is -2.66. The Morgan fingerprint density at radius 3 is 2.31 bits per heavy atom. The van der Waals surface area contributed by atoms with Crippen LogP contribution in [0.5, 0.6) is 0 Å². The summed E-state index contributed by atoms with van der Waals surface area (Å²) in [6.45, 7) is 6.89. The molecule has 2 N–H and O–H groups in total. The van der Waals surface area contributed by atoms with Crippen molar-refractivity contribution in [1.82, 2.24) is 15.0 Å². The van der Waals surface area contributed by atoms with E-state index >= 15 is 0 Å². The Morgan fingerprint density at radius 1 is 0.962 bits per heavy atom. The van der Waals surface area contributed by atoms with Crippen molar-refractivity contribution in [3.63, 3.8) is 0 Å². The van der Waals surface area contributed by atoms with Crippen LogP contribution in [0.1, 0.15) is 26.3 Å². The number of rotatable bonds is 5. The lowest BCUT2D eigenvalue weighted by Gasteiger charge is -2.21. The smallest absolute Gasteiger partial charge is 0.225 e. The zero-order valence-electron chi connectivity index (χ0n) is 15.1. The monoisotopic (exact) mass is 367 g/mol. The van der Waals surface area contributed by atoms with Crippen LogP contribution in [0.2, 0.25) is 5.02 Å². The fraction of sp³-hybridized carbons (Fsp3) is 0.250. The highest BCUT2D eigenvalue weighted by Crippen LogP contribution is 2.23. The Kier molecular flexibility index (Phi) is 5.38. The van der Waals surface area contributed by atoms with Crippen molar-refractivity contribution in [2.24, 2.45) is 0 Å². The van der Waals surface area contributed by atoms with E-state index in [9.17, 15) is 0 Å². The molecule has 2 heterocycles. The van der Waals surface area contributed by atoms with Gasteiger partial charge in [-0.3, -0.25) is 4.98 Å². The number of nitrogens with zero attached hydrogens (tertiary/aromatic N) is 3. The van der Waals surface area contributed by atoms with E-state index in [0.29, 0.717) is 12.5 Å². The highest BCUT2D eigenvalue weighted by atomic mass is 35.5. The van der Waals surface area contributed by atoms with Gasteiger partial charge >= 0.3 is 0 Å². The first-order valence-corrected chi connectivity index (χ1v) is 8.83. The van der Waals surface area contributed by atoms with Crippen molar-refractivity contribution >= 4 is 23.4 Å². The van der Waals surface area contributed by atoms with Crippen molar-refractivity contribution < 1.29 is 0 Å². The predicted molar refractivity (Wildman–Crippen MR) is 107 cm³/mol. The molecule has 134 valence electrons. The van der Waals surface area contributed by atoms with E-state index in [1.165, 1.54) is 0 Å². The van der Waals surface area contributed by atoms with E-state index in [1.54, 1.807) is 12.4 Å². The van der Waals surface area contributed by atoms with E-state index in [0.717, 1.165) is 27.7 Å². The summed E-state index contributed by atoms with van der Waals surface area (Å²) >= 11 is 5.95. The van der Waals surface area contributed by atoms with Crippen molar-refractivity contribution in [3.05, 3.63) is 65.4 Å². The molecule has 2 aromatic heterocycles. The minimum atomic E-state index is -0.135. The summed E-state index contributed by atoms with van der Waals surface area (Å²) in [4.78, 5) is 13.3. The molecular formula is C20H22ClN5. The summed E-state index contributed by atoms with van der Waals surface area (Å²) < 4.78 is 0. The second-order valence-corrected chi connectivity index (χ2v) is 7.49. The van der Waals surface area contributed by atoms with Gasteiger partial charge in [0.2, 0.25) is 5.95 Å². The van der Waals surface area contributed by atoms with Gasteiger partial charge in [-0.15, -0.1) is 0 Å². The molecule has 0 saturated carbocycles. The average Bonchev–Trinajstić information content (AvgIpc) is 2.60. The molecule has 0 fully saturated rings. The summed E-state index contributed by atoms with van der Waals surface area (Å²) in [6.07, 6.45) is 3.52. The SMILES string of the molecule is CC(C)(C)Nc1nc(NCc2ccc(Cl)cc2)cc(-c2ccncc2)n1. The zero-order chi connectivity index (χ0) is 18.6. The largest absolute Gasteiger partial charge is 0.366 e.